The molecule has 2 aliphatic heterocycles. The summed E-state index contributed by atoms with van der Waals surface area (Å²) in [7, 11) is 0. The van der Waals surface area contributed by atoms with Crippen LogP contribution in [-0.4, -0.2) is 42.8 Å². The Labute approximate surface area is 106 Å². The molecule has 2 rings (SSSR count). The highest BCUT2D eigenvalue weighted by atomic mass is 16.5. The molecule has 2 fully saturated rings. The number of hydrogen-bond acceptors (Lipinski definition) is 3. The minimum atomic E-state index is 0.429. The van der Waals surface area contributed by atoms with E-state index in [1.165, 1.54) is 45.2 Å². The van der Waals surface area contributed by atoms with Gasteiger partial charge in [0, 0.05) is 12.6 Å². The van der Waals surface area contributed by atoms with Crippen molar-refractivity contribution >= 4 is 0 Å². The first-order valence-electron chi connectivity index (χ1n) is 7.28. The van der Waals surface area contributed by atoms with Gasteiger partial charge in [0.25, 0.3) is 0 Å². The summed E-state index contributed by atoms with van der Waals surface area (Å²) in [4.78, 5) is 2.71. The average molecular weight is 240 g/mol. The minimum absolute atomic E-state index is 0.429. The molecule has 0 radical (unpaired) electrons. The summed E-state index contributed by atoms with van der Waals surface area (Å²) in [6.45, 7) is 7.82. The quantitative estimate of drug-likeness (QED) is 0.820. The summed E-state index contributed by atoms with van der Waals surface area (Å²) >= 11 is 0. The first kappa shape index (κ1) is 13.3. The van der Waals surface area contributed by atoms with E-state index in [4.69, 9.17) is 10.5 Å². The second kappa shape index (κ2) is 6.17. The minimum Gasteiger partial charge on any atom is -0.375 e. The highest BCUT2D eigenvalue weighted by molar-refractivity contribution is 4.84. The van der Waals surface area contributed by atoms with E-state index in [1.54, 1.807) is 0 Å². The lowest BCUT2D eigenvalue weighted by molar-refractivity contribution is -0.0710. The van der Waals surface area contributed by atoms with Crippen LogP contribution >= 0.6 is 0 Å². The molecule has 0 amide bonds. The molecule has 2 heterocycles. The highest BCUT2D eigenvalue weighted by Gasteiger charge is 2.31. The molecule has 0 aromatic carbocycles. The molecule has 3 nitrogen and oxygen atoms in total. The summed E-state index contributed by atoms with van der Waals surface area (Å²) in [6, 6.07) is 0.745. The van der Waals surface area contributed by atoms with E-state index in [0.29, 0.717) is 12.2 Å². The molecule has 0 aromatic heterocycles. The first-order chi connectivity index (χ1) is 8.19. The molecular weight excluding hydrogens is 212 g/mol. The molecule has 0 aromatic rings. The smallest absolute Gasteiger partial charge is 0.0565 e. The van der Waals surface area contributed by atoms with Gasteiger partial charge in [-0.25, -0.2) is 0 Å². The zero-order valence-electron chi connectivity index (χ0n) is 11.4. The third-order valence-electron chi connectivity index (χ3n) is 4.31. The number of nitrogens with zero attached hydrogens (tertiary/aromatic N) is 1. The van der Waals surface area contributed by atoms with Crippen LogP contribution in [0.15, 0.2) is 0 Å². The lowest BCUT2D eigenvalue weighted by atomic mass is 9.90. The maximum absolute atomic E-state index is 5.83. The molecule has 0 spiro atoms. The molecule has 3 unspecified atom stereocenters. The Kier molecular flexibility index (Phi) is 4.83. The van der Waals surface area contributed by atoms with Crippen LogP contribution in [0.3, 0.4) is 0 Å². The zero-order chi connectivity index (χ0) is 12.3. The van der Waals surface area contributed by atoms with Crippen molar-refractivity contribution in [2.24, 2.45) is 11.7 Å². The third-order valence-corrected chi connectivity index (χ3v) is 4.31. The van der Waals surface area contributed by atoms with Crippen LogP contribution in [0.25, 0.3) is 0 Å². The fourth-order valence-electron chi connectivity index (χ4n) is 3.57. The van der Waals surface area contributed by atoms with Gasteiger partial charge in [0.05, 0.1) is 12.2 Å². The van der Waals surface area contributed by atoms with Gasteiger partial charge in [-0.2, -0.15) is 0 Å². The van der Waals surface area contributed by atoms with E-state index in [0.717, 1.165) is 18.5 Å². The van der Waals surface area contributed by atoms with Crippen molar-refractivity contribution in [1.29, 1.82) is 0 Å². The van der Waals surface area contributed by atoms with Crippen molar-refractivity contribution in [3.05, 3.63) is 0 Å². The monoisotopic (exact) mass is 240 g/mol. The van der Waals surface area contributed by atoms with Gasteiger partial charge in [0.2, 0.25) is 0 Å². The highest BCUT2D eigenvalue weighted by Crippen LogP contribution is 2.28. The van der Waals surface area contributed by atoms with Crippen molar-refractivity contribution in [2.75, 3.05) is 19.6 Å². The Balaban J connectivity index is 1.87. The van der Waals surface area contributed by atoms with E-state index in [2.05, 4.69) is 18.7 Å². The number of likely N-dealkylation sites (tertiary alicyclic amines) is 1. The molecule has 2 saturated heterocycles. The normalized spacial score (nSPS) is 40.4. The van der Waals surface area contributed by atoms with Crippen LogP contribution < -0.4 is 5.73 Å². The largest absolute Gasteiger partial charge is 0.375 e. The van der Waals surface area contributed by atoms with Gasteiger partial charge in [-0.05, 0) is 65.0 Å². The predicted octanol–water partition coefficient (Wildman–Crippen LogP) is 2.00. The summed E-state index contributed by atoms with van der Waals surface area (Å²) in [6.07, 6.45) is 7.20. The van der Waals surface area contributed by atoms with Crippen LogP contribution in [0, 0.1) is 5.92 Å². The van der Waals surface area contributed by atoms with Gasteiger partial charge in [0.1, 0.15) is 0 Å². The van der Waals surface area contributed by atoms with Crippen molar-refractivity contribution in [3.63, 3.8) is 0 Å². The summed E-state index contributed by atoms with van der Waals surface area (Å²) in [5.41, 5.74) is 5.69. The number of ether oxygens (including phenoxy) is 1. The summed E-state index contributed by atoms with van der Waals surface area (Å²) < 4.78 is 5.83. The average Bonchev–Trinajstić information content (AvgIpc) is 2.28. The van der Waals surface area contributed by atoms with Gasteiger partial charge < -0.3 is 10.5 Å². The molecule has 0 saturated carbocycles. The maximum Gasteiger partial charge on any atom is 0.0565 e. The SMILES string of the molecule is CC1CC(N2CCCC(CCN)C2)CC(C)O1. The fourth-order valence-corrected chi connectivity index (χ4v) is 3.57. The van der Waals surface area contributed by atoms with Crippen LogP contribution in [0.1, 0.15) is 46.0 Å². The van der Waals surface area contributed by atoms with Crippen LogP contribution in [0.4, 0.5) is 0 Å². The number of nitrogens with two attached hydrogens (primary N) is 1. The van der Waals surface area contributed by atoms with E-state index in [-0.39, 0.29) is 0 Å². The van der Waals surface area contributed by atoms with Gasteiger partial charge in [0.15, 0.2) is 0 Å². The lowest BCUT2D eigenvalue weighted by Crippen LogP contribution is -2.48. The predicted molar refractivity (Wildman–Crippen MR) is 71.0 cm³/mol. The van der Waals surface area contributed by atoms with E-state index >= 15 is 0 Å². The molecule has 3 atom stereocenters. The Bertz CT molecular complexity index is 222. The maximum atomic E-state index is 5.83. The summed E-state index contributed by atoms with van der Waals surface area (Å²) in [5, 5.41) is 0. The standard InChI is InChI=1S/C14H28N2O/c1-11-8-14(9-12(2)17-11)16-7-3-4-13(10-16)5-6-15/h11-14H,3-10,15H2,1-2H3. The molecule has 2 aliphatic rings. The Morgan fingerprint density at radius 3 is 2.59 bits per heavy atom. The Morgan fingerprint density at radius 2 is 1.94 bits per heavy atom. The molecule has 17 heavy (non-hydrogen) atoms. The van der Waals surface area contributed by atoms with Crippen LogP contribution in [-0.2, 0) is 4.74 Å². The van der Waals surface area contributed by atoms with Gasteiger partial charge in [-0.1, -0.05) is 0 Å². The molecule has 0 bridgehead atoms. The number of piperidine rings is 1. The molecule has 0 aliphatic carbocycles. The molecule has 2 N–H and O–H groups in total. The zero-order valence-corrected chi connectivity index (χ0v) is 11.4. The second-order valence-corrected chi connectivity index (χ2v) is 5.96. The number of hydrogen-bond donors (Lipinski definition) is 1. The van der Waals surface area contributed by atoms with E-state index in [1.807, 2.05) is 0 Å². The molecule has 100 valence electrons. The Morgan fingerprint density at radius 1 is 1.24 bits per heavy atom. The van der Waals surface area contributed by atoms with Gasteiger partial charge in [-0.3, -0.25) is 4.90 Å². The topological polar surface area (TPSA) is 38.5 Å². The van der Waals surface area contributed by atoms with Crippen LogP contribution in [0.2, 0.25) is 0 Å². The Hall–Kier alpha value is -0.120. The number of rotatable bonds is 3. The second-order valence-electron chi connectivity index (χ2n) is 5.96. The van der Waals surface area contributed by atoms with Crippen LogP contribution in [0.5, 0.6) is 0 Å². The van der Waals surface area contributed by atoms with Gasteiger partial charge in [-0.15, -0.1) is 0 Å². The van der Waals surface area contributed by atoms with E-state index < -0.39 is 0 Å². The lowest BCUT2D eigenvalue weighted by Gasteiger charge is -2.43. The third kappa shape index (κ3) is 3.67. The van der Waals surface area contributed by atoms with Crippen molar-refractivity contribution in [1.82, 2.24) is 4.90 Å². The van der Waals surface area contributed by atoms with Gasteiger partial charge >= 0.3 is 0 Å². The first-order valence-corrected chi connectivity index (χ1v) is 7.28. The van der Waals surface area contributed by atoms with E-state index in [9.17, 15) is 0 Å². The fraction of sp³-hybridized carbons (Fsp3) is 1.00. The molecule has 3 heteroatoms. The van der Waals surface area contributed by atoms with Crippen molar-refractivity contribution in [2.45, 2.75) is 64.2 Å². The van der Waals surface area contributed by atoms with Crippen molar-refractivity contribution in [3.8, 4) is 0 Å². The molecular formula is C14H28N2O. The summed E-state index contributed by atoms with van der Waals surface area (Å²) in [5.74, 6) is 0.835. The van der Waals surface area contributed by atoms with Crippen molar-refractivity contribution < 1.29 is 4.74 Å².